The molecule has 1 N–H and O–H groups in total. The average Bonchev–Trinajstić information content (AvgIpc) is 3.25. The van der Waals surface area contributed by atoms with E-state index in [1.807, 2.05) is 24.3 Å². The molecule has 0 aliphatic rings. The Kier molecular flexibility index (Phi) is 7.32. The van der Waals surface area contributed by atoms with Gasteiger partial charge in [0.25, 0.3) is 0 Å². The standard InChI is InChI=1S/C23H25NO7S/c1-26-16-8-7-13(9-17(16)27-2)20-12-15(22(32-20)23(25)31-6)24-14-10-18(28-3)21(30-5)19(11-14)29-4/h7-12,24H,1-6H3. The third kappa shape index (κ3) is 4.52. The fourth-order valence-corrected chi connectivity index (χ4v) is 4.20. The van der Waals surface area contributed by atoms with E-state index in [-0.39, 0.29) is 0 Å². The highest BCUT2D eigenvalue weighted by Crippen LogP contribution is 2.43. The van der Waals surface area contributed by atoms with Crippen molar-refractivity contribution in [2.24, 2.45) is 0 Å². The molecular formula is C23H25NO7S. The molecule has 3 aromatic rings. The van der Waals surface area contributed by atoms with Crippen molar-refractivity contribution < 1.29 is 33.2 Å². The van der Waals surface area contributed by atoms with E-state index in [0.29, 0.717) is 45.0 Å². The van der Waals surface area contributed by atoms with Crippen LogP contribution in [0, 0.1) is 0 Å². The molecule has 1 heterocycles. The van der Waals surface area contributed by atoms with Crippen molar-refractivity contribution in [1.82, 2.24) is 0 Å². The number of carbonyl (C=O) groups excluding carboxylic acids is 1. The summed E-state index contributed by atoms with van der Waals surface area (Å²) in [6.45, 7) is 0. The number of methoxy groups -OCH3 is 6. The van der Waals surface area contributed by atoms with Crippen LogP contribution in [0.4, 0.5) is 11.4 Å². The van der Waals surface area contributed by atoms with Crippen LogP contribution in [0.2, 0.25) is 0 Å². The van der Waals surface area contributed by atoms with Gasteiger partial charge in [0.05, 0.1) is 48.3 Å². The zero-order valence-corrected chi connectivity index (χ0v) is 19.5. The highest BCUT2D eigenvalue weighted by molar-refractivity contribution is 7.18. The number of carbonyl (C=O) groups is 1. The van der Waals surface area contributed by atoms with Gasteiger partial charge in [0.2, 0.25) is 5.75 Å². The summed E-state index contributed by atoms with van der Waals surface area (Å²) >= 11 is 1.30. The van der Waals surface area contributed by atoms with Gasteiger partial charge >= 0.3 is 5.97 Å². The molecule has 0 atom stereocenters. The van der Waals surface area contributed by atoms with Gasteiger partial charge in [-0.25, -0.2) is 4.79 Å². The topological polar surface area (TPSA) is 84.5 Å². The molecule has 0 saturated heterocycles. The number of thiophene rings is 1. The Labute approximate surface area is 190 Å². The summed E-state index contributed by atoms with van der Waals surface area (Å²) < 4.78 is 31.9. The summed E-state index contributed by atoms with van der Waals surface area (Å²) in [6, 6.07) is 11.0. The highest BCUT2D eigenvalue weighted by atomic mass is 32.1. The summed E-state index contributed by atoms with van der Waals surface area (Å²) in [6.07, 6.45) is 0. The van der Waals surface area contributed by atoms with Crippen molar-refractivity contribution in [3.05, 3.63) is 41.3 Å². The predicted molar refractivity (Wildman–Crippen MR) is 124 cm³/mol. The molecular weight excluding hydrogens is 434 g/mol. The minimum Gasteiger partial charge on any atom is -0.493 e. The van der Waals surface area contributed by atoms with E-state index in [2.05, 4.69) is 5.32 Å². The van der Waals surface area contributed by atoms with Crippen LogP contribution in [0.1, 0.15) is 9.67 Å². The van der Waals surface area contributed by atoms with Crippen LogP contribution in [-0.2, 0) is 4.74 Å². The summed E-state index contributed by atoms with van der Waals surface area (Å²) in [5.74, 6) is 2.23. The highest BCUT2D eigenvalue weighted by Gasteiger charge is 2.20. The number of esters is 1. The molecule has 32 heavy (non-hydrogen) atoms. The fraction of sp³-hybridized carbons (Fsp3) is 0.261. The van der Waals surface area contributed by atoms with Crippen molar-refractivity contribution in [1.29, 1.82) is 0 Å². The Bertz CT molecular complexity index is 1080. The van der Waals surface area contributed by atoms with E-state index in [0.717, 1.165) is 10.4 Å². The van der Waals surface area contributed by atoms with Gasteiger partial charge in [-0.3, -0.25) is 0 Å². The monoisotopic (exact) mass is 459 g/mol. The van der Waals surface area contributed by atoms with Gasteiger partial charge in [-0.05, 0) is 29.8 Å². The van der Waals surface area contributed by atoms with Crippen LogP contribution in [0.15, 0.2) is 36.4 Å². The lowest BCUT2D eigenvalue weighted by atomic mass is 10.1. The minimum atomic E-state index is -0.448. The second-order valence-electron chi connectivity index (χ2n) is 6.45. The molecule has 0 saturated carbocycles. The van der Waals surface area contributed by atoms with Gasteiger partial charge in [0.15, 0.2) is 23.0 Å². The molecule has 8 nitrogen and oxygen atoms in total. The molecule has 2 aromatic carbocycles. The first-order valence-corrected chi connectivity index (χ1v) is 10.3. The lowest BCUT2D eigenvalue weighted by molar-refractivity contribution is 0.0607. The fourth-order valence-electron chi connectivity index (χ4n) is 3.17. The average molecular weight is 460 g/mol. The minimum absolute atomic E-state index is 0.422. The van der Waals surface area contributed by atoms with Crippen molar-refractivity contribution in [3.63, 3.8) is 0 Å². The largest absolute Gasteiger partial charge is 0.493 e. The lowest BCUT2D eigenvalue weighted by Crippen LogP contribution is -2.03. The van der Waals surface area contributed by atoms with E-state index >= 15 is 0 Å². The summed E-state index contributed by atoms with van der Waals surface area (Å²) in [7, 11) is 9.13. The van der Waals surface area contributed by atoms with Crippen LogP contribution in [0.5, 0.6) is 28.7 Å². The van der Waals surface area contributed by atoms with E-state index < -0.39 is 5.97 Å². The molecule has 0 fully saturated rings. The first-order chi connectivity index (χ1) is 15.5. The smallest absolute Gasteiger partial charge is 0.350 e. The van der Waals surface area contributed by atoms with Gasteiger partial charge in [-0.2, -0.15) is 0 Å². The number of ether oxygens (including phenoxy) is 6. The van der Waals surface area contributed by atoms with Crippen LogP contribution in [-0.4, -0.2) is 48.6 Å². The van der Waals surface area contributed by atoms with Crippen LogP contribution < -0.4 is 29.0 Å². The van der Waals surface area contributed by atoms with Crippen molar-refractivity contribution in [2.45, 2.75) is 0 Å². The molecule has 0 radical (unpaired) electrons. The molecule has 9 heteroatoms. The predicted octanol–water partition coefficient (Wildman–Crippen LogP) is 4.99. The SMILES string of the molecule is COC(=O)c1sc(-c2ccc(OC)c(OC)c2)cc1Nc1cc(OC)c(OC)c(OC)c1. The van der Waals surface area contributed by atoms with Crippen molar-refractivity contribution >= 4 is 28.7 Å². The van der Waals surface area contributed by atoms with Crippen LogP contribution in [0.3, 0.4) is 0 Å². The molecule has 170 valence electrons. The Balaban J connectivity index is 2.06. The second kappa shape index (κ2) is 10.1. The molecule has 1 aromatic heterocycles. The number of hydrogen-bond donors (Lipinski definition) is 1. The molecule has 0 unspecified atom stereocenters. The van der Waals surface area contributed by atoms with Gasteiger partial charge < -0.3 is 33.7 Å². The van der Waals surface area contributed by atoms with Crippen LogP contribution in [0.25, 0.3) is 10.4 Å². The van der Waals surface area contributed by atoms with E-state index in [9.17, 15) is 4.79 Å². The van der Waals surface area contributed by atoms with Crippen molar-refractivity contribution in [3.8, 4) is 39.2 Å². The van der Waals surface area contributed by atoms with Gasteiger partial charge in [0.1, 0.15) is 4.88 Å². The first-order valence-electron chi connectivity index (χ1n) is 9.51. The number of anilines is 2. The third-order valence-electron chi connectivity index (χ3n) is 4.71. The number of rotatable bonds is 9. The Morgan fingerprint density at radius 3 is 1.91 bits per heavy atom. The molecule has 0 spiro atoms. The maximum Gasteiger partial charge on any atom is 0.350 e. The van der Waals surface area contributed by atoms with Gasteiger partial charge in [-0.15, -0.1) is 11.3 Å². The zero-order valence-electron chi connectivity index (χ0n) is 18.7. The zero-order chi connectivity index (χ0) is 23.3. The normalized spacial score (nSPS) is 10.3. The molecule has 3 rings (SSSR count). The first kappa shape index (κ1) is 23.1. The Morgan fingerprint density at radius 2 is 1.38 bits per heavy atom. The third-order valence-corrected chi connectivity index (χ3v) is 5.88. The van der Waals surface area contributed by atoms with E-state index in [1.54, 1.807) is 40.6 Å². The quantitative estimate of drug-likeness (QED) is 0.448. The Hall–Kier alpha value is -3.59. The van der Waals surface area contributed by atoms with Crippen LogP contribution >= 0.6 is 11.3 Å². The van der Waals surface area contributed by atoms with E-state index in [1.165, 1.54) is 25.6 Å². The second-order valence-corrected chi connectivity index (χ2v) is 7.51. The summed E-state index contributed by atoms with van der Waals surface area (Å²) in [5.41, 5.74) is 2.11. The molecule has 0 amide bonds. The van der Waals surface area contributed by atoms with Gasteiger partial charge in [0, 0.05) is 22.7 Å². The lowest BCUT2D eigenvalue weighted by Gasteiger charge is -2.15. The van der Waals surface area contributed by atoms with Gasteiger partial charge in [-0.1, -0.05) is 0 Å². The maximum absolute atomic E-state index is 12.5. The maximum atomic E-state index is 12.5. The Morgan fingerprint density at radius 1 is 0.750 bits per heavy atom. The van der Waals surface area contributed by atoms with E-state index in [4.69, 9.17) is 28.4 Å². The summed E-state index contributed by atoms with van der Waals surface area (Å²) in [4.78, 5) is 13.7. The molecule has 0 aliphatic heterocycles. The summed E-state index contributed by atoms with van der Waals surface area (Å²) in [5, 5.41) is 3.27. The molecule has 0 aliphatic carbocycles. The number of nitrogens with one attached hydrogen (secondary N) is 1. The number of hydrogen-bond acceptors (Lipinski definition) is 9. The molecule has 0 bridgehead atoms. The number of benzene rings is 2. The van der Waals surface area contributed by atoms with Crippen molar-refractivity contribution in [2.75, 3.05) is 48.0 Å².